The van der Waals surface area contributed by atoms with Crippen LogP contribution in [0.2, 0.25) is 5.02 Å². The average Bonchev–Trinajstić information content (AvgIpc) is 3.21. The molecule has 7 heteroatoms. The van der Waals surface area contributed by atoms with Gasteiger partial charge in [0.15, 0.2) is 0 Å². The minimum Gasteiger partial charge on any atom is -0.369 e. The minimum absolute atomic E-state index is 0.0406. The van der Waals surface area contributed by atoms with Gasteiger partial charge in [-0.2, -0.15) is 0 Å². The van der Waals surface area contributed by atoms with Crippen LogP contribution in [-0.2, 0) is 22.5 Å². The predicted octanol–water partition coefficient (Wildman–Crippen LogP) is 5.40. The molecule has 1 amide bonds. The monoisotopic (exact) mass is 483 g/mol. The number of carbonyl (C=O) groups excluding carboxylic acids is 1. The van der Waals surface area contributed by atoms with Gasteiger partial charge in [-0.1, -0.05) is 18.5 Å². The topological polar surface area (TPSA) is 63.2 Å². The Bertz CT molecular complexity index is 1190. The molecule has 174 valence electrons. The Hall–Kier alpha value is -1.99. The number of hydrogen-bond donors (Lipinski definition) is 2. The number of morpholine rings is 1. The van der Waals surface area contributed by atoms with Gasteiger partial charge in [0.1, 0.15) is 0 Å². The van der Waals surface area contributed by atoms with Crippen molar-refractivity contribution in [2.75, 3.05) is 13.1 Å². The van der Waals surface area contributed by atoms with E-state index in [0.717, 1.165) is 63.6 Å². The molecule has 3 aromatic rings. The van der Waals surface area contributed by atoms with E-state index in [4.69, 9.17) is 16.3 Å². The highest BCUT2D eigenvalue weighted by Gasteiger charge is 2.42. The van der Waals surface area contributed by atoms with Crippen LogP contribution in [0.15, 0.2) is 30.5 Å². The van der Waals surface area contributed by atoms with Crippen molar-refractivity contribution in [1.82, 2.24) is 15.6 Å². The first kappa shape index (κ1) is 22.8. The van der Waals surface area contributed by atoms with Gasteiger partial charge in [0.2, 0.25) is 5.91 Å². The lowest BCUT2D eigenvalue weighted by Crippen LogP contribution is -2.57. The number of aryl methyl sites for hydroxylation is 1. The number of thiophene rings is 1. The molecule has 1 saturated carbocycles. The van der Waals surface area contributed by atoms with Crippen molar-refractivity contribution in [1.29, 1.82) is 0 Å². The first-order valence-electron chi connectivity index (χ1n) is 11.8. The molecular weight excluding hydrogens is 454 g/mol. The van der Waals surface area contributed by atoms with Crippen LogP contribution < -0.4 is 10.6 Å². The van der Waals surface area contributed by atoms with Crippen LogP contribution in [-0.4, -0.2) is 35.7 Å². The van der Waals surface area contributed by atoms with Crippen molar-refractivity contribution in [3.05, 3.63) is 51.5 Å². The number of pyridine rings is 1. The Kier molecular flexibility index (Phi) is 6.45. The quantitative estimate of drug-likeness (QED) is 0.492. The van der Waals surface area contributed by atoms with Crippen LogP contribution in [0.3, 0.4) is 0 Å². The Morgan fingerprint density at radius 3 is 2.94 bits per heavy atom. The van der Waals surface area contributed by atoms with E-state index in [2.05, 4.69) is 40.7 Å². The number of carbonyl (C=O) groups is 1. The number of halogens is 1. The summed E-state index contributed by atoms with van der Waals surface area (Å²) in [5.41, 5.74) is 5.75. The number of nitrogens with zero attached hydrogens (tertiary/aromatic N) is 1. The summed E-state index contributed by atoms with van der Waals surface area (Å²) in [7, 11) is 0. The maximum Gasteiger partial charge on any atom is 0.220 e. The molecule has 3 heterocycles. The number of rotatable bonds is 6. The van der Waals surface area contributed by atoms with Crippen LogP contribution >= 0.6 is 22.9 Å². The summed E-state index contributed by atoms with van der Waals surface area (Å²) >= 11 is 8.23. The zero-order valence-corrected chi connectivity index (χ0v) is 20.7. The third-order valence-electron chi connectivity index (χ3n) is 6.90. The lowest BCUT2D eigenvalue weighted by atomic mass is 9.78. The largest absolute Gasteiger partial charge is 0.369 e. The molecule has 1 aliphatic carbocycles. The van der Waals surface area contributed by atoms with Crippen LogP contribution in [0, 0.1) is 6.92 Å². The number of benzene rings is 1. The maximum absolute atomic E-state index is 11.7. The molecule has 5 rings (SSSR count). The number of aromatic nitrogens is 1. The summed E-state index contributed by atoms with van der Waals surface area (Å²) in [6, 6.07) is 8.28. The van der Waals surface area contributed by atoms with Gasteiger partial charge >= 0.3 is 0 Å². The SMILES string of the molecule is CCC(=O)NCc1cc2nccc(-c3cc(Cl)cc(C)c3CC3CNCC4(CCC4)O3)c2s1. The van der Waals surface area contributed by atoms with Gasteiger partial charge in [0, 0.05) is 47.6 Å². The first-order valence-corrected chi connectivity index (χ1v) is 13.0. The molecule has 1 spiro atoms. The van der Waals surface area contributed by atoms with E-state index < -0.39 is 0 Å². The Morgan fingerprint density at radius 1 is 1.33 bits per heavy atom. The van der Waals surface area contributed by atoms with Gasteiger partial charge in [0.25, 0.3) is 0 Å². The Labute approximate surface area is 203 Å². The number of hydrogen-bond acceptors (Lipinski definition) is 5. The fourth-order valence-electron chi connectivity index (χ4n) is 4.99. The molecule has 33 heavy (non-hydrogen) atoms. The molecular formula is C26H30ClN3O2S. The van der Waals surface area contributed by atoms with Crippen molar-refractivity contribution in [2.24, 2.45) is 0 Å². The maximum atomic E-state index is 11.7. The van der Waals surface area contributed by atoms with Crippen LogP contribution in [0.4, 0.5) is 0 Å². The molecule has 2 aromatic heterocycles. The van der Waals surface area contributed by atoms with Crippen molar-refractivity contribution in [2.45, 2.75) is 64.2 Å². The second-order valence-corrected chi connectivity index (χ2v) is 10.8. The molecule has 1 atom stereocenters. The summed E-state index contributed by atoms with van der Waals surface area (Å²) in [5.74, 6) is 0.0544. The molecule has 2 aliphatic rings. The normalized spacial score (nSPS) is 19.5. The highest BCUT2D eigenvalue weighted by molar-refractivity contribution is 7.19. The van der Waals surface area contributed by atoms with Gasteiger partial charge < -0.3 is 15.4 Å². The average molecular weight is 484 g/mol. The van der Waals surface area contributed by atoms with E-state index in [0.29, 0.717) is 13.0 Å². The highest BCUT2D eigenvalue weighted by Crippen LogP contribution is 2.41. The third kappa shape index (κ3) is 4.67. The molecule has 1 aliphatic heterocycles. The Morgan fingerprint density at radius 2 is 2.18 bits per heavy atom. The summed E-state index contributed by atoms with van der Waals surface area (Å²) < 4.78 is 7.73. The number of fused-ring (bicyclic) bond motifs is 1. The van der Waals surface area contributed by atoms with Gasteiger partial charge in [-0.25, -0.2) is 0 Å². The van der Waals surface area contributed by atoms with E-state index >= 15 is 0 Å². The van der Waals surface area contributed by atoms with Crippen molar-refractivity contribution in [3.8, 4) is 11.1 Å². The van der Waals surface area contributed by atoms with E-state index in [1.165, 1.54) is 17.5 Å². The van der Waals surface area contributed by atoms with Gasteiger partial charge in [-0.15, -0.1) is 11.3 Å². The molecule has 5 nitrogen and oxygen atoms in total. The van der Waals surface area contributed by atoms with Crippen molar-refractivity contribution < 1.29 is 9.53 Å². The second kappa shape index (κ2) is 9.34. The molecule has 0 radical (unpaired) electrons. The Balaban J connectivity index is 1.49. The summed E-state index contributed by atoms with van der Waals surface area (Å²) in [5, 5.41) is 7.31. The van der Waals surface area contributed by atoms with E-state index in [9.17, 15) is 4.79 Å². The zero-order valence-electron chi connectivity index (χ0n) is 19.2. The standard InChI is InChI=1S/C26H30ClN3O2S/c1-3-24(31)30-14-19-12-23-25(33-19)20(5-8-29-23)22-10-17(27)9-16(2)21(22)11-18-13-28-15-26(32-18)6-4-7-26/h5,8-10,12,18,28H,3-4,6-7,11,13-15H2,1-2H3,(H,30,31). The third-order valence-corrected chi connectivity index (χ3v) is 8.28. The van der Waals surface area contributed by atoms with Crippen LogP contribution in [0.25, 0.3) is 21.3 Å². The highest BCUT2D eigenvalue weighted by atomic mass is 35.5. The van der Waals surface area contributed by atoms with Gasteiger partial charge in [0.05, 0.1) is 28.5 Å². The smallest absolute Gasteiger partial charge is 0.220 e. The van der Waals surface area contributed by atoms with Crippen LogP contribution in [0.1, 0.15) is 48.6 Å². The predicted molar refractivity (Wildman–Crippen MR) is 135 cm³/mol. The molecule has 1 saturated heterocycles. The molecule has 2 N–H and O–H groups in total. The fraction of sp³-hybridized carbons (Fsp3) is 0.462. The number of nitrogens with one attached hydrogen (secondary N) is 2. The molecule has 2 fully saturated rings. The first-order chi connectivity index (χ1) is 16.0. The van der Waals surface area contributed by atoms with Crippen molar-refractivity contribution in [3.63, 3.8) is 0 Å². The lowest BCUT2D eigenvalue weighted by molar-refractivity contribution is -0.156. The van der Waals surface area contributed by atoms with Crippen LogP contribution in [0.5, 0.6) is 0 Å². The van der Waals surface area contributed by atoms with Gasteiger partial charge in [-0.05, 0) is 67.1 Å². The van der Waals surface area contributed by atoms with Gasteiger partial charge in [-0.3, -0.25) is 9.78 Å². The minimum atomic E-state index is 0.0406. The molecule has 0 bridgehead atoms. The van der Waals surface area contributed by atoms with Crippen molar-refractivity contribution >= 4 is 39.1 Å². The zero-order chi connectivity index (χ0) is 23.0. The second-order valence-electron chi connectivity index (χ2n) is 9.28. The molecule has 1 aromatic carbocycles. The van der Waals surface area contributed by atoms with E-state index in [1.54, 1.807) is 11.3 Å². The lowest BCUT2D eigenvalue weighted by Gasteiger charge is -2.48. The van der Waals surface area contributed by atoms with E-state index in [1.807, 2.05) is 19.2 Å². The molecule has 1 unspecified atom stereocenters. The number of amides is 1. The fourth-order valence-corrected chi connectivity index (χ4v) is 6.34. The summed E-state index contributed by atoms with van der Waals surface area (Å²) in [6.07, 6.45) is 6.91. The van der Waals surface area contributed by atoms with E-state index in [-0.39, 0.29) is 17.6 Å². The number of ether oxygens (including phenoxy) is 1. The summed E-state index contributed by atoms with van der Waals surface area (Å²) in [4.78, 5) is 17.4. The summed E-state index contributed by atoms with van der Waals surface area (Å²) in [6.45, 7) is 6.36.